The molecule has 2 aromatic heterocycles. The third kappa shape index (κ3) is 6.92. The van der Waals surface area contributed by atoms with Crippen LogP contribution in [-0.2, 0) is 37.3 Å². The van der Waals surface area contributed by atoms with Gasteiger partial charge in [-0.05, 0) is 70.7 Å². The fourth-order valence-corrected chi connectivity index (χ4v) is 6.00. The standard InChI is InChI=1S/C43H46N3O.Pt/c1-27-18-19-44-36(20-27)29-21-28(22-30(23-29)41(2,3)4)34-15-13-16-37-39(34)45-40(35-14-11-12-17-38(35)47)46(37)33-25-31(42(5,6)7)24-32(26-33)43(8,9)10;/h11-20,22-26,47H,1-10H3;/q-1;. The Morgan fingerprint density at radius 3 is 1.83 bits per heavy atom. The molecule has 48 heavy (non-hydrogen) atoms. The number of phenolic OH excluding ortho intramolecular Hbond substituents is 1. The maximum absolute atomic E-state index is 11.2. The molecule has 0 aliphatic rings. The first-order valence-electron chi connectivity index (χ1n) is 16.5. The first-order chi connectivity index (χ1) is 22.0. The van der Waals surface area contributed by atoms with Crippen LogP contribution in [0.15, 0.2) is 91.1 Å². The first-order valence-corrected chi connectivity index (χ1v) is 16.5. The van der Waals surface area contributed by atoms with Crippen LogP contribution in [0.1, 0.15) is 84.6 Å². The normalized spacial score (nSPS) is 12.3. The Bertz CT molecular complexity index is 2090. The number of pyridine rings is 1. The number of aromatic nitrogens is 3. The number of fused-ring (bicyclic) bond motifs is 1. The number of hydrogen-bond acceptors (Lipinski definition) is 3. The minimum Gasteiger partial charge on any atom is -0.507 e. The molecule has 4 aromatic carbocycles. The number of nitrogens with zero attached hydrogens (tertiary/aromatic N) is 3. The topological polar surface area (TPSA) is 50.9 Å². The Labute approximate surface area is 300 Å². The number of para-hydroxylation sites is 2. The van der Waals surface area contributed by atoms with Crippen molar-refractivity contribution >= 4 is 11.0 Å². The van der Waals surface area contributed by atoms with Gasteiger partial charge in [0, 0.05) is 38.6 Å². The third-order valence-corrected chi connectivity index (χ3v) is 8.95. The summed E-state index contributed by atoms with van der Waals surface area (Å²) in [6, 6.07) is 33.0. The molecule has 0 spiro atoms. The van der Waals surface area contributed by atoms with Crippen molar-refractivity contribution in [3.8, 4) is 45.2 Å². The largest absolute Gasteiger partial charge is 0.507 e. The van der Waals surface area contributed by atoms with Crippen LogP contribution < -0.4 is 0 Å². The number of imidazole rings is 1. The van der Waals surface area contributed by atoms with Crippen molar-refractivity contribution in [3.63, 3.8) is 0 Å². The molecule has 2 heterocycles. The van der Waals surface area contributed by atoms with E-state index in [2.05, 4.69) is 134 Å². The summed E-state index contributed by atoms with van der Waals surface area (Å²) in [6.07, 6.45) is 1.86. The summed E-state index contributed by atoms with van der Waals surface area (Å²) in [5.41, 5.74) is 12.0. The number of hydrogen-bond donors (Lipinski definition) is 1. The number of aryl methyl sites for hydroxylation is 1. The van der Waals surface area contributed by atoms with Crippen LogP contribution in [0.25, 0.3) is 50.5 Å². The van der Waals surface area contributed by atoms with Gasteiger partial charge in [0.05, 0.1) is 16.6 Å². The molecule has 0 bridgehead atoms. The van der Waals surface area contributed by atoms with Crippen molar-refractivity contribution < 1.29 is 26.2 Å². The van der Waals surface area contributed by atoms with E-state index in [0.29, 0.717) is 11.4 Å². The van der Waals surface area contributed by atoms with Crippen LogP contribution in [0.5, 0.6) is 5.75 Å². The van der Waals surface area contributed by atoms with Crippen molar-refractivity contribution in [1.29, 1.82) is 0 Å². The maximum Gasteiger partial charge on any atom is 0.148 e. The van der Waals surface area contributed by atoms with Gasteiger partial charge < -0.3 is 5.11 Å². The van der Waals surface area contributed by atoms with E-state index >= 15 is 0 Å². The van der Waals surface area contributed by atoms with Crippen molar-refractivity contribution in [1.82, 2.24) is 14.5 Å². The summed E-state index contributed by atoms with van der Waals surface area (Å²) in [4.78, 5) is 10.1. The molecule has 4 nitrogen and oxygen atoms in total. The first kappa shape index (κ1) is 35.3. The second-order valence-corrected chi connectivity index (χ2v) is 15.9. The molecule has 250 valence electrons. The summed E-state index contributed by atoms with van der Waals surface area (Å²) in [7, 11) is 0. The molecule has 6 aromatic rings. The molecule has 0 saturated heterocycles. The van der Waals surface area contributed by atoms with Crippen molar-refractivity contribution in [2.75, 3.05) is 0 Å². The molecular weight excluding hydrogens is 770 g/mol. The average Bonchev–Trinajstić information content (AvgIpc) is 3.39. The predicted molar refractivity (Wildman–Crippen MR) is 197 cm³/mol. The number of aromatic hydroxyl groups is 1. The third-order valence-electron chi connectivity index (χ3n) is 8.95. The second-order valence-electron chi connectivity index (χ2n) is 15.9. The van der Waals surface area contributed by atoms with E-state index in [-0.39, 0.29) is 43.1 Å². The summed E-state index contributed by atoms with van der Waals surface area (Å²) >= 11 is 0. The fraction of sp³-hybridized carbons (Fsp3) is 0.302. The summed E-state index contributed by atoms with van der Waals surface area (Å²) in [6.45, 7) is 22.3. The second kappa shape index (κ2) is 12.8. The Hall–Kier alpha value is -4.01. The van der Waals surface area contributed by atoms with Gasteiger partial charge in [-0.1, -0.05) is 115 Å². The maximum atomic E-state index is 11.2. The zero-order chi connectivity index (χ0) is 33.9. The molecule has 6 rings (SSSR count). The van der Waals surface area contributed by atoms with Crippen LogP contribution >= 0.6 is 0 Å². The smallest absolute Gasteiger partial charge is 0.148 e. The molecule has 0 radical (unpaired) electrons. The van der Waals surface area contributed by atoms with Crippen molar-refractivity contribution in [2.45, 2.75) is 85.5 Å². The van der Waals surface area contributed by atoms with E-state index in [1.165, 1.54) is 16.7 Å². The van der Waals surface area contributed by atoms with E-state index in [0.717, 1.165) is 44.7 Å². The zero-order valence-electron chi connectivity index (χ0n) is 29.8. The molecule has 0 fully saturated rings. The summed E-state index contributed by atoms with van der Waals surface area (Å²) < 4.78 is 2.22. The van der Waals surface area contributed by atoms with Gasteiger partial charge in [-0.3, -0.25) is 9.55 Å². The van der Waals surface area contributed by atoms with Crippen LogP contribution in [0.3, 0.4) is 0 Å². The van der Waals surface area contributed by atoms with Crippen LogP contribution in [0.2, 0.25) is 0 Å². The summed E-state index contributed by atoms with van der Waals surface area (Å²) in [5, 5.41) is 11.2. The van der Waals surface area contributed by atoms with Crippen LogP contribution in [0, 0.1) is 13.0 Å². The van der Waals surface area contributed by atoms with E-state index in [1.807, 2.05) is 30.5 Å². The van der Waals surface area contributed by atoms with Gasteiger partial charge in [-0.25, -0.2) is 4.98 Å². The Morgan fingerprint density at radius 2 is 1.23 bits per heavy atom. The van der Waals surface area contributed by atoms with Crippen molar-refractivity contribution in [3.05, 3.63) is 119 Å². The summed E-state index contributed by atoms with van der Waals surface area (Å²) in [5.74, 6) is 0.895. The van der Waals surface area contributed by atoms with E-state index in [4.69, 9.17) is 9.97 Å². The van der Waals surface area contributed by atoms with Gasteiger partial charge in [-0.2, -0.15) is 0 Å². The molecular formula is C43H46N3OPt-. The van der Waals surface area contributed by atoms with E-state index < -0.39 is 0 Å². The minimum atomic E-state index is -0.0899. The molecule has 0 unspecified atom stereocenters. The van der Waals surface area contributed by atoms with Gasteiger partial charge in [-0.15, -0.1) is 29.3 Å². The quantitative estimate of drug-likeness (QED) is 0.180. The molecule has 0 saturated carbocycles. The Balaban J connectivity index is 0.00000451. The molecule has 0 aliphatic carbocycles. The number of rotatable bonds is 4. The monoisotopic (exact) mass is 815 g/mol. The van der Waals surface area contributed by atoms with E-state index in [9.17, 15) is 5.11 Å². The van der Waals surface area contributed by atoms with Gasteiger partial charge in [0.15, 0.2) is 0 Å². The minimum absolute atomic E-state index is 0. The van der Waals surface area contributed by atoms with E-state index in [1.54, 1.807) is 6.07 Å². The molecule has 5 heteroatoms. The van der Waals surface area contributed by atoms with Gasteiger partial charge in [0.1, 0.15) is 11.6 Å². The van der Waals surface area contributed by atoms with Crippen LogP contribution in [0.4, 0.5) is 0 Å². The molecule has 1 N–H and O–H groups in total. The Kier molecular flexibility index (Phi) is 9.40. The predicted octanol–water partition coefficient (Wildman–Crippen LogP) is 11.1. The average molecular weight is 816 g/mol. The van der Waals surface area contributed by atoms with Gasteiger partial charge in [0.2, 0.25) is 0 Å². The Morgan fingerprint density at radius 1 is 0.646 bits per heavy atom. The fourth-order valence-electron chi connectivity index (χ4n) is 6.00. The SMILES string of the molecule is Cc1ccnc(-c2[c-]c(-c3cccc4c3nc(-c3ccccc3O)n4-c3cc(C(C)(C)C)cc(C(C)(C)C)c3)cc(C(C)(C)C)c2)c1.[Pt]. The van der Waals surface area contributed by atoms with Crippen LogP contribution in [-0.4, -0.2) is 19.6 Å². The number of benzene rings is 4. The molecule has 0 atom stereocenters. The molecule has 0 amide bonds. The zero-order valence-corrected chi connectivity index (χ0v) is 32.0. The molecule has 0 aliphatic heterocycles. The van der Waals surface area contributed by atoms with Gasteiger partial charge >= 0.3 is 0 Å². The number of phenols is 1. The van der Waals surface area contributed by atoms with Gasteiger partial charge in [0.25, 0.3) is 0 Å². The van der Waals surface area contributed by atoms with Crippen molar-refractivity contribution in [2.24, 2.45) is 0 Å².